The van der Waals surface area contributed by atoms with Crippen molar-refractivity contribution in [1.82, 2.24) is 14.8 Å². The number of rotatable bonds is 6. The maximum atomic E-state index is 13.0. The van der Waals surface area contributed by atoms with E-state index in [9.17, 15) is 4.79 Å². The Bertz CT molecular complexity index is 1220. The van der Waals surface area contributed by atoms with Crippen molar-refractivity contribution in [1.29, 1.82) is 0 Å². The zero-order valence-corrected chi connectivity index (χ0v) is 17.3. The Labute approximate surface area is 177 Å². The van der Waals surface area contributed by atoms with Crippen LogP contribution in [0.4, 0.5) is 5.69 Å². The summed E-state index contributed by atoms with van der Waals surface area (Å²) >= 11 is 6.15. The molecule has 2 aromatic carbocycles. The Morgan fingerprint density at radius 1 is 1.10 bits per heavy atom. The number of anilines is 1. The Morgan fingerprint density at radius 3 is 2.57 bits per heavy atom. The third kappa shape index (κ3) is 3.42. The number of hydrogen-bond acceptors (Lipinski definition) is 5. The first-order valence-electron chi connectivity index (χ1n) is 8.98. The minimum Gasteiger partial charge on any atom is -0.496 e. The van der Waals surface area contributed by atoms with Crippen molar-refractivity contribution in [2.75, 3.05) is 26.6 Å². The van der Waals surface area contributed by atoms with Gasteiger partial charge in [0.05, 0.1) is 38.2 Å². The molecule has 30 heavy (non-hydrogen) atoms. The van der Waals surface area contributed by atoms with Crippen molar-refractivity contribution in [2.45, 2.75) is 0 Å². The van der Waals surface area contributed by atoms with Crippen LogP contribution < -0.4 is 19.5 Å². The lowest BCUT2D eigenvalue weighted by atomic mass is 10.2. The zero-order chi connectivity index (χ0) is 21.3. The van der Waals surface area contributed by atoms with Crippen molar-refractivity contribution >= 4 is 34.1 Å². The van der Waals surface area contributed by atoms with Gasteiger partial charge in [0.25, 0.3) is 5.91 Å². The van der Waals surface area contributed by atoms with Gasteiger partial charge in [-0.1, -0.05) is 11.6 Å². The summed E-state index contributed by atoms with van der Waals surface area (Å²) in [6, 6.07) is 10.4. The molecule has 0 aliphatic heterocycles. The standard InChI is InChI=1S/C21H19ClN4O4/c1-28-17-11-18(29-2)20(30-3)19-13(17)10-15(24-19)21(27)25-14-9-12(22)5-6-16(14)26-8-4-7-23-26/h4-11,24H,1-3H3,(H,25,27). The van der Waals surface area contributed by atoms with E-state index in [0.29, 0.717) is 50.2 Å². The maximum Gasteiger partial charge on any atom is 0.272 e. The molecule has 0 aliphatic carbocycles. The first kappa shape index (κ1) is 19.7. The molecular formula is C21H19ClN4O4. The smallest absolute Gasteiger partial charge is 0.272 e. The molecule has 9 heteroatoms. The normalized spacial score (nSPS) is 10.8. The molecule has 0 saturated heterocycles. The van der Waals surface area contributed by atoms with Gasteiger partial charge in [-0.2, -0.15) is 5.10 Å². The lowest BCUT2D eigenvalue weighted by molar-refractivity contribution is 0.102. The first-order chi connectivity index (χ1) is 14.5. The second-order valence-corrected chi connectivity index (χ2v) is 6.79. The van der Waals surface area contributed by atoms with E-state index in [-0.39, 0.29) is 5.91 Å². The number of aromatic amines is 1. The summed E-state index contributed by atoms with van der Waals surface area (Å²) < 4.78 is 17.9. The van der Waals surface area contributed by atoms with Gasteiger partial charge < -0.3 is 24.5 Å². The minimum absolute atomic E-state index is 0.321. The van der Waals surface area contributed by atoms with Gasteiger partial charge >= 0.3 is 0 Å². The number of aromatic nitrogens is 3. The zero-order valence-electron chi connectivity index (χ0n) is 16.5. The van der Waals surface area contributed by atoms with E-state index in [2.05, 4.69) is 15.4 Å². The fourth-order valence-corrected chi connectivity index (χ4v) is 3.44. The largest absolute Gasteiger partial charge is 0.496 e. The van der Waals surface area contributed by atoms with E-state index < -0.39 is 0 Å². The molecule has 0 aliphatic rings. The summed E-state index contributed by atoms with van der Waals surface area (Å²) in [4.78, 5) is 16.1. The number of carbonyl (C=O) groups excluding carboxylic acids is 1. The molecular weight excluding hydrogens is 408 g/mol. The molecule has 0 fully saturated rings. The highest BCUT2D eigenvalue weighted by Crippen LogP contribution is 2.41. The SMILES string of the molecule is COc1cc(OC)c2cc(C(=O)Nc3cc(Cl)ccc3-n3cccn3)[nH]c2c1OC. The summed E-state index contributed by atoms with van der Waals surface area (Å²) in [6.07, 6.45) is 3.44. The van der Waals surface area contributed by atoms with E-state index in [0.717, 1.165) is 0 Å². The van der Waals surface area contributed by atoms with Crippen molar-refractivity contribution in [3.8, 4) is 22.9 Å². The Morgan fingerprint density at radius 2 is 1.90 bits per heavy atom. The van der Waals surface area contributed by atoms with Gasteiger partial charge in [-0.05, 0) is 30.3 Å². The summed E-state index contributed by atoms with van der Waals surface area (Å²) in [5.41, 5.74) is 2.12. The molecule has 4 aromatic rings. The summed E-state index contributed by atoms with van der Waals surface area (Å²) in [5, 5.41) is 8.30. The minimum atomic E-state index is -0.357. The highest BCUT2D eigenvalue weighted by Gasteiger charge is 2.20. The number of ether oxygens (including phenoxy) is 3. The van der Waals surface area contributed by atoms with Crippen molar-refractivity contribution in [3.05, 3.63) is 59.5 Å². The molecule has 0 saturated carbocycles. The van der Waals surface area contributed by atoms with Crippen molar-refractivity contribution in [2.24, 2.45) is 0 Å². The molecule has 2 N–H and O–H groups in total. The van der Waals surface area contributed by atoms with E-state index in [1.165, 1.54) is 14.2 Å². The van der Waals surface area contributed by atoms with Crippen LogP contribution in [0.3, 0.4) is 0 Å². The number of carbonyl (C=O) groups is 1. The monoisotopic (exact) mass is 426 g/mol. The predicted molar refractivity (Wildman–Crippen MR) is 114 cm³/mol. The number of amides is 1. The highest BCUT2D eigenvalue weighted by atomic mass is 35.5. The fraction of sp³-hybridized carbons (Fsp3) is 0.143. The number of hydrogen-bond donors (Lipinski definition) is 2. The average molecular weight is 427 g/mol. The van der Waals surface area contributed by atoms with Crippen LogP contribution in [0.1, 0.15) is 10.5 Å². The van der Waals surface area contributed by atoms with Crippen molar-refractivity contribution < 1.29 is 19.0 Å². The molecule has 8 nitrogen and oxygen atoms in total. The van der Waals surface area contributed by atoms with Crippen LogP contribution in [0.15, 0.2) is 48.8 Å². The third-order valence-corrected chi connectivity index (χ3v) is 4.88. The summed E-state index contributed by atoms with van der Waals surface area (Å²) in [7, 11) is 4.62. The van der Waals surface area contributed by atoms with Crippen LogP contribution >= 0.6 is 11.6 Å². The van der Waals surface area contributed by atoms with Crippen molar-refractivity contribution in [3.63, 3.8) is 0 Å². The third-order valence-electron chi connectivity index (χ3n) is 4.64. The van der Waals surface area contributed by atoms with Crippen LogP contribution in [0.5, 0.6) is 17.2 Å². The number of benzene rings is 2. The summed E-state index contributed by atoms with van der Waals surface area (Å²) in [6.45, 7) is 0. The van der Waals surface area contributed by atoms with E-state index >= 15 is 0 Å². The molecule has 154 valence electrons. The Hall–Kier alpha value is -3.65. The topological polar surface area (TPSA) is 90.4 Å². The molecule has 2 heterocycles. The molecule has 1 amide bonds. The number of methoxy groups -OCH3 is 3. The van der Waals surface area contributed by atoms with Gasteiger partial charge in [0.1, 0.15) is 11.4 Å². The van der Waals surface area contributed by atoms with Gasteiger partial charge in [0, 0.05) is 28.9 Å². The molecule has 0 radical (unpaired) electrons. The lowest BCUT2D eigenvalue weighted by Gasteiger charge is -2.11. The maximum absolute atomic E-state index is 13.0. The van der Waals surface area contributed by atoms with Crippen LogP contribution in [-0.2, 0) is 0 Å². The van der Waals surface area contributed by atoms with Gasteiger partial charge in [0.15, 0.2) is 11.5 Å². The van der Waals surface area contributed by atoms with Gasteiger partial charge in [-0.15, -0.1) is 0 Å². The quantitative estimate of drug-likeness (QED) is 0.480. The molecule has 0 atom stereocenters. The number of halogens is 1. The number of H-pyrrole nitrogens is 1. The van der Waals surface area contributed by atoms with Crippen LogP contribution in [0.2, 0.25) is 5.02 Å². The van der Waals surface area contributed by atoms with E-state index in [1.54, 1.807) is 60.6 Å². The fourth-order valence-electron chi connectivity index (χ4n) is 3.27. The van der Waals surface area contributed by atoms with Crippen LogP contribution in [0.25, 0.3) is 16.6 Å². The average Bonchev–Trinajstić information content (AvgIpc) is 3.43. The van der Waals surface area contributed by atoms with E-state index in [1.807, 2.05) is 0 Å². The van der Waals surface area contributed by atoms with Gasteiger partial charge in [-0.25, -0.2) is 4.68 Å². The van der Waals surface area contributed by atoms with E-state index in [4.69, 9.17) is 25.8 Å². The number of nitrogens with zero attached hydrogens (tertiary/aromatic N) is 2. The summed E-state index contributed by atoms with van der Waals surface area (Å²) in [5.74, 6) is 1.17. The molecule has 0 unspecified atom stereocenters. The van der Waals surface area contributed by atoms with Gasteiger partial charge in [-0.3, -0.25) is 4.79 Å². The number of fused-ring (bicyclic) bond motifs is 1. The number of nitrogens with one attached hydrogen (secondary N) is 2. The first-order valence-corrected chi connectivity index (χ1v) is 9.36. The Kier molecular flexibility index (Phi) is 5.24. The van der Waals surface area contributed by atoms with Gasteiger partial charge in [0.2, 0.25) is 0 Å². The molecule has 4 rings (SSSR count). The molecule has 0 bridgehead atoms. The molecule has 2 aromatic heterocycles. The second-order valence-electron chi connectivity index (χ2n) is 6.35. The molecule has 0 spiro atoms. The van der Waals surface area contributed by atoms with Crippen LogP contribution in [-0.4, -0.2) is 42.0 Å². The highest BCUT2D eigenvalue weighted by molar-refractivity contribution is 6.31. The predicted octanol–water partition coefficient (Wildman–Crippen LogP) is 4.29. The van der Waals surface area contributed by atoms with Crippen LogP contribution in [0, 0.1) is 0 Å². The lowest BCUT2D eigenvalue weighted by Crippen LogP contribution is -2.14. The Balaban J connectivity index is 1.76. The second kappa shape index (κ2) is 8.00.